The van der Waals surface area contributed by atoms with Crippen LogP contribution in [-0.2, 0) is 21.0 Å². The molecule has 0 radical (unpaired) electrons. The van der Waals surface area contributed by atoms with Crippen molar-refractivity contribution >= 4 is 21.7 Å². The van der Waals surface area contributed by atoms with E-state index >= 15 is 0 Å². The van der Waals surface area contributed by atoms with Crippen LogP contribution < -0.4 is 0 Å². The number of allylic oxidation sites excluding steroid dienone is 1. The molecular formula is C45H54S. The van der Waals surface area contributed by atoms with Crippen LogP contribution in [0.1, 0.15) is 108 Å². The number of rotatable bonds is 6. The molecule has 4 aromatic carbocycles. The summed E-state index contributed by atoms with van der Waals surface area (Å²) < 4.78 is 0.0352. The minimum atomic E-state index is -1.08. The van der Waals surface area contributed by atoms with Gasteiger partial charge in [-0.2, -0.15) is 0 Å². The fourth-order valence-corrected chi connectivity index (χ4v) is 10.8. The van der Waals surface area contributed by atoms with Gasteiger partial charge in [-0.25, -0.2) is 10.0 Å². The summed E-state index contributed by atoms with van der Waals surface area (Å²) >= 11 is 0. The van der Waals surface area contributed by atoms with Crippen LogP contribution >= 0.6 is 10.0 Å². The Morgan fingerprint density at radius 1 is 0.609 bits per heavy atom. The molecule has 0 nitrogen and oxygen atoms in total. The van der Waals surface area contributed by atoms with Crippen molar-refractivity contribution in [3.8, 4) is 11.1 Å². The third-order valence-corrected chi connectivity index (χ3v) is 15.4. The smallest absolute Gasteiger partial charge is 0.0438 e. The van der Waals surface area contributed by atoms with E-state index < -0.39 is 10.0 Å². The first kappa shape index (κ1) is 32.6. The van der Waals surface area contributed by atoms with Gasteiger partial charge < -0.3 is 0 Å². The largest absolute Gasteiger partial charge is 0.234 e. The van der Waals surface area contributed by atoms with Gasteiger partial charge in [0, 0.05) is 10.2 Å². The van der Waals surface area contributed by atoms with Crippen molar-refractivity contribution in [3.05, 3.63) is 142 Å². The minimum absolute atomic E-state index is 0.00492. The first-order valence-electron chi connectivity index (χ1n) is 17.0. The van der Waals surface area contributed by atoms with E-state index in [0.29, 0.717) is 0 Å². The molecule has 0 spiro atoms. The maximum absolute atomic E-state index is 2.59. The molecule has 1 heteroatoms. The minimum Gasteiger partial charge on any atom is -0.234 e. The highest BCUT2D eigenvalue weighted by molar-refractivity contribution is 8.33. The molecule has 0 heterocycles. The molecule has 4 aromatic rings. The first-order valence-corrected chi connectivity index (χ1v) is 19.7. The Kier molecular flexibility index (Phi) is 7.92. The maximum atomic E-state index is 2.59. The van der Waals surface area contributed by atoms with Gasteiger partial charge in [0.2, 0.25) is 0 Å². The quantitative estimate of drug-likeness (QED) is 0.200. The van der Waals surface area contributed by atoms with Crippen LogP contribution in [0.2, 0.25) is 0 Å². The van der Waals surface area contributed by atoms with Crippen molar-refractivity contribution in [3.63, 3.8) is 0 Å². The zero-order valence-corrected chi connectivity index (χ0v) is 31.0. The van der Waals surface area contributed by atoms with Crippen molar-refractivity contribution in [1.82, 2.24) is 0 Å². The van der Waals surface area contributed by atoms with Gasteiger partial charge in [0.15, 0.2) is 0 Å². The van der Waals surface area contributed by atoms with E-state index in [4.69, 9.17) is 0 Å². The molecule has 240 valence electrons. The highest BCUT2D eigenvalue weighted by Gasteiger charge is 2.46. The molecule has 2 unspecified atom stereocenters. The lowest BCUT2D eigenvalue weighted by molar-refractivity contribution is 0.584. The number of benzene rings is 4. The van der Waals surface area contributed by atoms with Gasteiger partial charge >= 0.3 is 0 Å². The number of fused-ring (bicyclic) bond motifs is 2. The number of hydrogen-bond acceptors (Lipinski definition) is 0. The summed E-state index contributed by atoms with van der Waals surface area (Å²) in [6.07, 6.45) is 11.4. The lowest BCUT2D eigenvalue weighted by Crippen LogP contribution is -2.32. The first-order chi connectivity index (χ1) is 21.5. The molecule has 2 atom stereocenters. The summed E-state index contributed by atoms with van der Waals surface area (Å²) in [5, 5.41) is 0. The van der Waals surface area contributed by atoms with Crippen molar-refractivity contribution in [2.45, 2.75) is 89.7 Å². The molecule has 0 saturated carbocycles. The van der Waals surface area contributed by atoms with Crippen LogP contribution in [0.25, 0.3) is 22.8 Å². The van der Waals surface area contributed by atoms with Gasteiger partial charge in [0.05, 0.1) is 0 Å². The van der Waals surface area contributed by atoms with Gasteiger partial charge in [-0.15, -0.1) is 0 Å². The zero-order chi connectivity index (χ0) is 33.3. The fourth-order valence-electron chi connectivity index (χ4n) is 7.80. The Bertz CT molecular complexity index is 1830. The standard InChI is InChI=1S/C45H54S/c1-31-29-38-36(32-19-23-34(24-20-32)42(2,3)4)16-14-18-41(38)45(31,9)46(10,11)28-27-44(8)30-39(37-15-12-13-17-40(37)44)33-21-25-35(26-22-33)43(5,6)7/h12-26,29-30H,27-28H2,1-11H3. The predicted molar refractivity (Wildman–Crippen MR) is 207 cm³/mol. The molecule has 0 aromatic heterocycles. The van der Waals surface area contributed by atoms with E-state index in [1.165, 1.54) is 67.0 Å². The van der Waals surface area contributed by atoms with Crippen molar-refractivity contribution in [1.29, 1.82) is 0 Å². The highest BCUT2D eigenvalue weighted by atomic mass is 32.3. The Labute approximate surface area is 281 Å². The van der Waals surface area contributed by atoms with Crippen LogP contribution in [-0.4, -0.2) is 18.3 Å². The van der Waals surface area contributed by atoms with Crippen LogP contribution in [0, 0.1) is 0 Å². The van der Waals surface area contributed by atoms with E-state index in [0.717, 1.165) is 6.42 Å². The van der Waals surface area contributed by atoms with Crippen molar-refractivity contribution in [2.24, 2.45) is 0 Å². The molecule has 2 aliphatic carbocycles. The third kappa shape index (κ3) is 5.43. The molecule has 0 saturated heterocycles. The summed E-state index contributed by atoms with van der Waals surface area (Å²) in [5.41, 5.74) is 15.8. The lowest BCUT2D eigenvalue weighted by atomic mass is 9.82. The van der Waals surface area contributed by atoms with Crippen LogP contribution in [0.15, 0.2) is 103 Å². The molecule has 0 bridgehead atoms. The number of hydrogen-bond donors (Lipinski definition) is 0. The van der Waals surface area contributed by atoms with Gasteiger partial charge in [0.1, 0.15) is 0 Å². The SMILES string of the molecule is CC1=Cc2c(-c3ccc(C(C)(C)C)cc3)cccc2C1(C)S(C)(C)CCC1(C)C=C(c2ccc(C(C)(C)C)cc2)c2ccccc21. The average Bonchev–Trinajstić information content (AvgIpc) is 3.47. The van der Waals surface area contributed by atoms with Gasteiger partial charge in [-0.3, -0.25) is 0 Å². The monoisotopic (exact) mass is 626 g/mol. The summed E-state index contributed by atoms with van der Waals surface area (Å²) in [6.45, 7) is 21.1. The second-order valence-corrected chi connectivity index (χ2v) is 21.1. The lowest BCUT2D eigenvalue weighted by Gasteiger charge is -2.50. The fraction of sp³-hybridized carbons (Fsp3) is 0.378. The van der Waals surface area contributed by atoms with Crippen LogP contribution in [0.3, 0.4) is 0 Å². The molecule has 0 aliphatic heterocycles. The Hall–Kier alpha value is -3.29. The highest BCUT2D eigenvalue weighted by Crippen LogP contribution is 2.67. The second kappa shape index (κ2) is 11.2. The Morgan fingerprint density at radius 2 is 1.13 bits per heavy atom. The molecular weight excluding hydrogens is 573 g/mol. The molecule has 0 N–H and O–H groups in total. The van der Waals surface area contributed by atoms with Crippen LogP contribution in [0.5, 0.6) is 0 Å². The van der Waals surface area contributed by atoms with Gasteiger partial charge in [-0.1, -0.05) is 157 Å². The molecule has 0 amide bonds. The normalized spacial score (nSPS) is 21.5. The van der Waals surface area contributed by atoms with Crippen molar-refractivity contribution in [2.75, 3.05) is 18.3 Å². The summed E-state index contributed by atoms with van der Waals surface area (Å²) in [5.74, 6) is 1.20. The molecule has 6 rings (SSSR count). The van der Waals surface area contributed by atoms with E-state index in [1.807, 2.05) is 0 Å². The van der Waals surface area contributed by atoms with E-state index in [9.17, 15) is 0 Å². The zero-order valence-electron chi connectivity index (χ0n) is 30.1. The second-order valence-electron chi connectivity index (χ2n) is 16.8. The third-order valence-electron chi connectivity index (χ3n) is 11.4. The van der Waals surface area contributed by atoms with E-state index in [-0.39, 0.29) is 21.0 Å². The average molecular weight is 627 g/mol. The van der Waals surface area contributed by atoms with E-state index in [2.05, 4.69) is 178 Å². The molecule has 2 aliphatic rings. The Balaban J connectivity index is 1.31. The Morgan fingerprint density at radius 3 is 1.72 bits per heavy atom. The maximum Gasteiger partial charge on any atom is 0.0438 e. The molecule has 0 fully saturated rings. The topological polar surface area (TPSA) is 0 Å². The summed E-state index contributed by atoms with van der Waals surface area (Å²) in [7, 11) is -1.08. The van der Waals surface area contributed by atoms with Gasteiger partial charge in [0.25, 0.3) is 0 Å². The van der Waals surface area contributed by atoms with E-state index in [1.54, 1.807) is 0 Å². The predicted octanol–water partition coefficient (Wildman–Crippen LogP) is 12.4. The van der Waals surface area contributed by atoms with Gasteiger partial charge in [-0.05, 0) is 105 Å². The molecule has 46 heavy (non-hydrogen) atoms. The summed E-state index contributed by atoms with van der Waals surface area (Å²) in [6, 6.07) is 34.8. The van der Waals surface area contributed by atoms with Crippen LogP contribution in [0.4, 0.5) is 0 Å². The van der Waals surface area contributed by atoms with Crippen molar-refractivity contribution < 1.29 is 0 Å². The summed E-state index contributed by atoms with van der Waals surface area (Å²) in [4.78, 5) is 0.